The molecule has 3 nitrogen and oxygen atoms in total. The van der Waals surface area contributed by atoms with Gasteiger partial charge in [-0.3, -0.25) is 4.79 Å². The van der Waals surface area contributed by atoms with Gasteiger partial charge in [0.1, 0.15) is 0 Å². The van der Waals surface area contributed by atoms with Crippen molar-refractivity contribution in [3.63, 3.8) is 0 Å². The van der Waals surface area contributed by atoms with Gasteiger partial charge in [-0.05, 0) is 74.9 Å². The van der Waals surface area contributed by atoms with Crippen molar-refractivity contribution in [3.8, 4) is 0 Å². The minimum atomic E-state index is 0.112. The average Bonchev–Trinajstić information content (AvgIpc) is 2.60. The normalized spacial score (nSPS) is 22.3. The van der Waals surface area contributed by atoms with Gasteiger partial charge in [0.15, 0.2) is 0 Å². The molecule has 24 heavy (non-hydrogen) atoms. The van der Waals surface area contributed by atoms with Crippen LogP contribution in [-0.2, 0) is 12.8 Å². The van der Waals surface area contributed by atoms with E-state index in [1.807, 2.05) is 35.2 Å². The maximum atomic E-state index is 13.1. The van der Waals surface area contributed by atoms with Gasteiger partial charge in [-0.25, -0.2) is 0 Å². The summed E-state index contributed by atoms with van der Waals surface area (Å²) >= 11 is 0. The quantitative estimate of drug-likeness (QED) is 0.844. The fraction of sp³-hybridized carbons (Fsp3) is 0.381. The summed E-state index contributed by atoms with van der Waals surface area (Å²) in [5.41, 5.74) is 5.76. The van der Waals surface area contributed by atoms with Gasteiger partial charge < -0.3 is 10.2 Å². The average molecular weight is 320 g/mol. The van der Waals surface area contributed by atoms with E-state index in [9.17, 15) is 4.79 Å². The Kier molecular flexibility index (Phi) is 3.79. The molecule has 2 aromatic carbocycles. The zero-order valence-corrected chi connectivity index (χ0v) is 14.4. The van der Waals surface area contributed by atoms with Crippen molar-refractivity contribution < 1.29 is 4.79 Å². The highest BCUT2D eigenvalue weighted by molar-refractivity contribution is 6.07. The molecule has 0 fully saturated rings. The minimum Gasteiger partial charge on any atom is -0.382 e. The van der Waals surface area contributed by atoms with Crippen LogP contribution in [0.15, 0.2) is 42.5 Å². The Morgan fingerprint density at radius 2 is 1.79 bits per heavy atom. The molecule has 0 spiro atoms. The Morgan fingerprint density at radius 1 is 1.04 bits per heavy atom. The van der Waals surface area contributed by atoms with Crippen molar-refractivity contribution >= 4 is 17.3 Å². The molecule has 1 amide bonds. The monoisotopic (exact) mass is 320 g/mol. The van der Waals surface area contributed by atoms with Gasteiger partial charge >= 0.3 is 0 Å². The Morgan fingerprint density at radius 3 is 2.58 bits per heavy atom. The van der Waals surface area contributed by atoms with Gasteiger partial charge in [-0.1, -0.05) is 18.2 Å². The molecule has 1 N–H and O–H groups in total. The lowest BCUT2D eigenvalue weighted by Crippen LogP contribution is -2.42. The Labute approximate surface area is 143 Å². The molecule has 0 aromatic heterocycles. The summed E-state index contributed by atoms with van der Waals surface area (Å²) in [7, 11) is 0. The standard InChI is InChI=1S/C21H24N2O/c1-14-8-10-17-13-20-18(12-19(17)22-14)11-9-15(2)23(20)21(24)16-6-4-3-5-7-16/h3-7,12-15,22H,8-11H2,1-2H3/t14-,15+/m1/s1. The second-order valence-corrected chi connectivity index (χ2v) is 7.15. The lowest BCUT2D eigenvalue weighted by atomic mass is 9.90. The zero-order chi connectivity index (χ0) is 16.7. The van der Waals surface area contributed by atoms with Crippen LogP contribution in [0.4, 0.5) is 11.4 Å². The van der Waals surface area contributed by atoms with Gasteiger partial charge in [-0.2, -0.15) is 0 Å². The predicted octanol–water partition coefficient (Wildman–Crippen LogP) is 4.41. The number of carbonyl (C=O) groups is 1. The van der Waals surface area contributed by atoms with Crippen molar-refractivity contribution in [2.45, 2.75) is 51.6 Å². The van der Waals surface area contributed by atoms with Gasteiger partial charge in [0.25, 0.3) is 5.91 Å². The number of benzene rings is 2. The number of fused-ring (bicyclic) bond motifs is 2. The second-order valence-electron chi connectivity index (χ2n) is 7.15. The topological polar surface area (TPSA) is 32.3 Å². The molecule has 2 aliphatic heterocycles. The highest BCUT2D eigenvalue weighted by Gasteiger charge is 2.30. The molecule has 0 unspecified atom stereocenters. The largest absolute Gasteiger partial charge is 0.382 e. The number of carbonyl (C=O) groups excluding carboxylic acids is 1. The van der Waals surface area contributed by atoms with E-state index >= 15 is 0 Å². The highest BCUT2D eigenvalue weighted by atomic mass is 16.2. The minimum absolute atomic E-state index is 0.112. The molecule has 2 atom stereocenters. The molecule has 0 radical (unpaired) electrons. The van der Waals surface area contributed by atoms with Crippen LogP contribution < -0.4 is 10.2 Å². The molecule has 2 aromatic rings. The molecule has 2 aliphatic rings. The molecule has 0 aliphatic carbocycles. The molecule has 2 heterocycles. The van der Waals surface area contributed by atoms with E-state index in [0.29, 0.717) is 6.04 Å². The first-order chi connectivity index (χ1) is 11.6. The predicted molar refractivity (Wildman–Crippen MR) is 98.9 cm³/mol. The third-order valence-electron chi connectivity index (χ3n) is 5.32. The van der Waals surface area contributed by atoms with Gasteiger partial charge in [0.05, 0.1) is 0 Å². The summed E-state index contributed by atoms with van der Waals surface area (Å²) in [5.74, 6) is 0.112. The van der Waals surface area contributed by atoms with E-state index in [1.54, 1.807) is 0 Å². The number of aryl methyl sites for hydroxylation is 2. The van der Waals surface area contributed by atoms with Crippen molar-refractivity contribution in [1.29, 1.82) is 0 Å². The molecule has 0 saturated heterocycles. The van der Waals surface area contributed by atoms with E-state index < -0.39 is 0 Å². The summed E-state index contributed by atoms with van der Waals surface area (Å²) in [4.78, 5) is 15.1. The van der Waals surface area contributed by atoms with E-state index in [0.717, 1.165) is 36.9 Å². The Bertz CT molecular complexity index is 769. The SMILES string of the molecule is C[C@@H]1CCc2cc3c(cc2N1)CC[C@H](C)N3C(=O)c1ccccc1. The zero-order valence-electron chi connectivity index (χ0n) is 14.4. The lowest BCUT2D eigenvalue weighted by molar-refractivity contribution is 0.0975. The van der Waals surface area contributed by atoms with Gasteiger partial charge in [-0.15, -0.1) is 0 Å². The van der Waals surface area contributed by atoms with Crippen LogP contribution >= 0.6 is 0 Å². The van der Waals surface area contributed by atoms with Crippen LogP contribution in [0.5, 0.6) is 0 Å². The molecule has 3 heteroatoms. The van der Waals surface area contributed by atoms with E-state index in [-0.39, 0.29) is 11.9 Å². The summed E-state index contributed by atoms with van der Waals surface area (Å²) in [6, 6.07) is 14.9. The van der Waals surface area contributed by atoms with E-state index in [1.165, 1.54) is 16.8 Å². The van der Waals surface area contributed by atoms with Crippen LogP contribution in [0, 0.1) is 0 Å². The second kappa shape index (κ2) is 5.97. The molecular formula is C21H24N2O. The van der Waals surface area contributed by atoms with Crippen LogP contribution in [0.3, 0.4) is 0 Å². The lowest BCUT2D eigenvalue weighted by Gasteiger charge is -2.37. The van der Waals surface area contributed by atoms with Crippen molar-refractivity contribution in [3.05, 3.63) is 59.2 Å². The fourth-order valence-electron chi connectivity index (χ4n) is 3.91. The molecule has 124 valence electrons. The van der Waals surface area contributed by atoms with Crippen LogP contribution in [0.1, 0.15) is 48.2 Å². The number of hydrogen-bond acceptors (Lipinski definition) is 2. The van der Waals surface area contributed by atoms with E-state index in [4.69, 9.17) is 0 Å². The first-order valence-electron chi connectivity index (χ1n) is 8.94. The summed E-state index contributed by atoms with van der Waals surface area (Å²) in [6.07, 6.45) is 4.28. The van der Waals surface area contributed by atoms with E-state index in [2.05, 4.69) is 31.3 Å². The smallest absolute Gasteiger partial charge is 0.258 e. The third kappa shape index (κ3) is 2.58. The maximum Gasteiger partial charge on any atom is 0.258 e. The number of nitrogens with one attached hydrogen (secondary N) is 1. The number of anilines is 2. The first kappa shape index (κ1) is 15.3. The van der Waals surface area contributed by atoms with Crippen LogP contribution in [0.25, 0.3) is 0 Å². The number of nitrogens with zero attached hydrogens (tertiary/aromatic N) is 1. The van der Waals surface area contributed by atoms with Crippen LogP contribution in [0.2, 0.25) is 0 Å². The first-order valence-corrected chi connectivity index (χ1v) is 8.94. The van der Waals surface area contributed by atoms with Gasteiger partial charge in [0.2, 0.25) is 0 Å². The Hall–Kier alpha value is -2.29. The summed E-state index contributed by atoms with van der Waals surface area (Å²) in [5, 5.41) is 3.59. The van der Waals surface area contributed by atoms with Crippen molar-refractivity contribution in [2.75, 3.05) is 10.2 Å². The third-order valence-corrected chi connectivity index (χ3v) is 5.32. The van der Waals surface area contributed by atoms with Gasteiger partial charge in [0, 0.05) is 29.0 Å². The van der Waals surface area contributed by atoms with Crippen molar-refractivity contribution in [2.24, 2.45) is 0 Å². The summed E-state index contributed by atoms with van der Waals surface area (Å²) < 4.78 is 0. The number of amides is 1. The molecule has 4 rings (SSSR count). The van der Waals surface area contributed by atoms with Crippen molar-refractivity contribution in [1.82, 2.24) is 0 Å². The number of hydrogen-bond donors (Lipinski definition) is 1. The maximum absolute atomic E-state index is 13.1. The molecular weight excluding hydrogens is 296 g/mol. The van der Waals surface area contributed by atoms with Crippen LogP contribution in [-0.4, -0.2) is 18.0 Å². The molecule has 0 bridgehead atoms. The Balaban J connectivity index is 1.76. The number of rotatable bonds is 1. The fourth-order valence-corrected chi connectivity index (χ4v) is 3.91. The molecule has 0 saturated carbocycles. The summed E-state index contributed by atoms with van der Waals surface area (Å²) in [6.45, 7) is 4.39. The highest BCUT2D eigenvalue weighted by Crippen LogP contribution is 2.38.